The SMILES string of the molecule is Nc1nc(-c2cc(C(=O)c3c(F)cccc3F)ccc2O)ccc1C(=O)O. The van der Waals surface area contributed by atoms with Gasteiger partial charge in [-0.15, -0.1) is 0 Å². The first-order valence-electron chi connectivity index (χ1n) is 7.61. The number of nitrogens with two attached hydrogens (primary N) is 1. The van der Waals surface area contributed by atoms with Crippen LogP contribution in [0, 0.1) is 11.6 Å². The van der Waals surface area contributed by atoms with Gasteiger partial charge in [-0.1, -0.05) is 6.07 Å². The largest absolute Gasteiger partial charge is 0.507 e. The molecule has 2 aromatic carbocycles. The normalized spacial score (nSPS) is 10.6. The zero-order valence-corrected chi connectivity index (χ0v) is 13.6. The Balaban J connectivity index is 2.09. The van der Waals surface area contributed by atoms with Crippen LogP contribution in [0.15, 0.2) is 48.5 Å². The van der Waals surface area contributed by atoms with Crippen molar-refractivity contribution in [2.24, 2.45) is 0 Å². The summed E-state index contributed by atoms with van der Waals surface area (Å²) in [4.78, 5) is 27.4. The Hall–Kier alpha value is -3.81. The number of phenolic OH excluding ortho intramolecular Hbond substituents is 1. The fourth-order valence-electron chi connectivity index (χ4n) is 2.55. The number of aromatic hydroxyl groups is 1. The van der Waals surface area contributed by atoms with Crippen LogP contribution >= 0.6 is 0 Å². The second-order valence-corrected chi connectivity index (χ2v) is 5.59. The molecule has 3 rings (SSSR count). The molecular weight excluding hydrogens is 358 g/mol. The molecule has 8 heteroatoms. The number of rotatable bonds is 4. The predicted molar refractivity (Wildman–Crippen MR) is 92.5 cm³/mol. The van der Waals surface area contributed by atoms with Crippen LogP contribution in [0.4, 0.5) is 14.6 Å². The van der Waals surface area contributed by atoms with Gasteiger partial charge >= 0.3 is 5.97 Å². The van der Waals surface area contributed by atoms with Crippen molar-refractivity contribution in [3.8, 4) is 17.0 Å². The molecule has 0 radical (unpaired) electrons. The van der Waals surface area contributed by atoms with E-state index in [1.807, 2.05) is 0 Å². The van der Waals surface area contributed by atoms with Gasteiger partial charge in [-0.2, -0.15) is 0 Å². The number of carboxylic acid groups (broad SMARTS) is 1. The van der Waals surface area contributed by atoms with Crippen molar-refractivity contribution in [1.29, 1.82) is 0 Å². The molecule has 1 heterocycles. The molecule has 0 fully saturated rings. The summed E-state index contributed by atoms with van der Waals surface area (Å²) < 4.78 is 27.7. The number of pyridine rings is 1. The van der Waals surface area contributed by atoms with Gasteiger partial charge in [0.1, 0.15) is 28.8 Å². The molecule has 136 valence electrons. The Bertz CT molecular complexity index is 1060. The molecule has 0 spiro atoms. The monoisotopic (exact) mass is 370 g/mol. The number of carboxylic acids is 1. The van der Waals surface area contributed by atoms with E-state index in [0.29, 0.717) is 0 Å². The first-order valence-corrected chi connectivity index (χ1v) is 7.61. The topological polar surface area (TPSA) is 114 Å². The third kappa shape index (κ3) is 3.32. The van der Waals surface area contributed by atoms with Crippen LogP contribution in [0.25, 0.3) is 11.3 Å². The minimum Gasteiger partial charge on any atom is -0.507 e. The highest BCUT2D eigenvalue weighted by atomic mass is 19.1. The number of benzene rings is 2. The first kappa shape index (κ1) is 18.0. The van der Waals surface area contributed by atoms with Crippen LogP contribution in [0.2, 0.25) is 0 Å². The number of hydrogen-bond acceptors (Lipinski definition) is 5. The molecule has 6 nitrogen and oxygen atoms in total. The molecule has 0 aliphatic heterocycles. The summed E-state index contributed by atoms with van der Waals surface area (Å²) in [6.07, 6.45) is 0. The number of carbonyl (C=O) groups excluding carboxylic acids is 1. The van der Waals surface area contributed by atoms with Gasteiger partial charge in [0.25, 0.3) is 0 Å². The summed E-state index contributed by atoms with van der Waals surface area (Å²) in [6, 6.07) is 9.14. The highest BCUT2D eigenvalue weighted by Crippen LogP contribution is 2.31. The van der Waals surface area contributed by atoms with Crippen molar-refractivity contribution in [1.82, 2.24) is 4.98 Å². The van der Waals surface area contributed by atoms with E-state index in [1.54, 1.807) is 0 Å². The molecule has 4 N–H and O–H groups in total. The van der Waals surface area contributed by atoms with Crippen LogP contribution in [-0.2, 0) is 0 Å². The minimum absolute atomic E-state index is 0.0567. The summed E-state index contributed by atoms with van der Waals surface area (Å²) >= 11 is 0. The van der Waals surface area contributed by atoms with E-state index in [1.165, 1.54) is 30.3 Å². The Morgan fingerprint density at radius 3 is 2.26 bits per heavy atom. The van der Waals surface area contributed by atoms with Gasteiger partial charge in [0.15, 0.2) is 5.78 Å². The van der Waals surface area contributed by atoms with Crippen molar-refractivity contribution in [2.45, 2.75) is 0 Å². The Morgan fingerprint density at radius 2 is 1.67 bits per heavy atom. The molecule has 0 amide bonds. The second-order valence-electron chi connectivity index (χ2n) is 5.59. The standard InChI is InChI=1S/C19H12F2N2O4/c20-12-2-1-3-13(21)16(12)17(25)9-4-7-15(24)11(8-9)14-6-5-10(19(26)27)18(22)23-14/h1-8,24H,(H2,22,23)(H,26,27). The maximum Gasteiger partial charge on any atom is 0.339 e. The van der Waals surface area contributed by atoms with Crippen molar-refractivity contribution in [3.63, 3.8) is 0 Å². The predicted octanol–water partition coefficient (Wildman–Crippen LogP) is 3.24. The number of aromatic carboxylic acids is 1. The van der Waals surface area contributed by atoms with Gasteiger partial charge in [-0.05, 0) is 42.5 Å². The van der Waals surface area contributed by atoms with Gasteiger partial charge < -0.3 is 15.9 Å². The molecule has 0 aliphatic rings. The van der Waals surface area contributed by atoms with Crippen molar-refractivity contribution >= 4 is 17.6 Å². The molecule has 0 aliphatic carbocycles. The van der Waals surface area contributed by atoms with Gasteiger partial charge in [-0.3, -0.25) is 4.79 Å². The number of carbonyl (C=O) groups is 2. The van der Waals surface area contributed by atoms with Crippen LogP contribution in [0.5, 0.6) is 5.75 Å². The maximum atomic E-state index is 13.9. The second kappa shape index (κ2) is 6.83. The third-order valence-corrected chi connectivity index (χ3v) is 3.88. The summed E-state index contributed by atoms with van der Waals surface area (Å²) in [6.45, 7) is 0. The summed E-state index contributed by atoms with van der Waals surface area (Å²) in [5.41, 5.74) is 4.72. The van der Waals surface area contributed by atoms with Gasteiger partial charge in [0, 0.05) is 11.1 Å². The van der Waals surface area contributed by atoms with Gasteiger partial charge in [-0.25, -0.2) is 18.6 Å². The van der Waals surface area contributed by atoms with Crippen LogP contribution < -0.4 is 5.73 Å². The average Bonchev–Trinajstić information content (AvgIpc) is 2.61. The lowest BCUT2D eigenvalue weighted by molar-refractivity contribution is 0.0697. The van der Waals surface area contributed by atoms with Gasteiger partial charge in [0.05, 0.1) is 11.3 Å². The summed E-state index contributed by atoms with van der Waals surface area (Å²) in [5.74, 6) is -4.76. The Labute approximate surface area is 151 Å². The summed E-state index contributed by atoms with van der Waals surface area (Å²) in [5, 5.41) is 19.1. The molecule has 3 aromatic rings. The van der Waals surface area contributed by atoms with E-state index in [2.05, 4.69) is 4.98 Å². The van der Waals surface area contributed by atoms with Crippen molar-refractivity contribution < 1.29 is 28.6 Å². The average molecular weight is 370 g/mol. The fraction of sp³-hybridized carbons (Fsp3) is 0. The lowest BCUT2D eigenvalue weighted by atomic mass is 9.98. The van der Waals surface area contributed by atoms with Crippen molar-refractivity contribution in [3.05, 3.63) is 76.9 Å². The zero-order chi connectivity index (χ0) is 19.7. The number of aromatic nitrogens is 1. The molecule has 0 saturated heterocycles. The molecule has 0 bridgehead atoms. The van der Waals surface area contributed by atoms with Crippen molar-refractivity contribution in [2.75, 3.05) is 5.73 Å². The molecular formula is C19H12F2N2O4. The van der Waals surface area contributed by atoms with E-state index < -0.39 is 29.0 Å². The third-order valence-electron chi connectivity index (χ3n) is 3.88. The Kier molecular flexibility index (Phi) is 4.55. The highest BCUT2D eigenvalue weighted by Gasteiger charge is 2.21. The lowest BCUT2D eigenvalue weighted by Gasteiger charge is -2.09. The van der Waals surface area contributed by atoms with E-state index >= 15 is 0 Å². The Morgan fingerprint density at radius 1 is 1.00 bits per heavy atom. The van der Waals surface area contributed by atoms with E-state index in [0.717, 1.165) is 18.2 Å². The van der Waals surface area contributed by atoms with E-state index in [-0.39, 0.29) is 34.0 Å². The smallest absolute Gasteiger partial charge is 0.339 e. The maximum absolute atomic E-state index is 13.9. The number of nitrogen functional groups attached to an aromatic ring is 1. The van der Waals surface area contributed by atoms with Crippen LogP contribution in [-0.4, -0.2) is 26.9 Å². The molecule has 27 heavy (non-hydrogen) atoms. The van der Waals surface area contributed by atoms with Crippen LogP contribution in [0.3, 0.4) is 0 Å². The van der Waals surface area contributed by atoms with E-state index in [4.69, 9.17) is 10.8 Å². The molecule has 1 aromatic heterocycles. The number of ketones is 1. The lowest BCUT2D eigenvalue weighted by Crippen LogP contribution is -2.08. The quantitative estimate of drug-likeness (QED) is 0.608. The number of phenols is 1. The molecule has 0 atom stereocenters. The van der Waals surface area contributed by atoms with Gasteiger partial charge in [0.2, 0.25) is 0 Å². The molecule has 0 unspecified atom stereocenters. The fourth-order valence-corrected chi connectivity index (χ4v) is 2.55. The summed E-state index contributed by atoms with van der Waals surface area (Å²) in [7, 11) is 0. The highest BCUT2D eigenvalue weighted by molar-refractivity contribution is 6.10. The van der Waals surface area contributed by atoms with Crippen LogP contribution in [0.1, 0.15) is 26.3 Å². The first-order chi connectivity index (χ1) is 12.8. The van der Waals surface area contributed by atoms with E-state index in [9.17, 15) is 23.5 Å². The molecule has 0 saturated carbocycles. The number of nitrogens with zero attached hydrogens (tertiary/aromatic N) is 1. The zero-order valence-electron chi connectivity index (χ0n) is 13.6. The number of hydrogen-bond donors (Lipinski definition) is 3. The minimum atomic E-state index is -1.27. The number of anilines is 1. The number of halogens is 2.